The van der Waals surface area contributed by atoms with E-state index in [0.717, 1.165) is 10.6 Å². The minimum Gasteiger partial charge on any atom is -0.399 e. The summed E-state index contributed by atoms with van der Waals surface area (Å²) in [6, 6.07) is 7.47. The van der Waals surface area contributed by atoms with Crippen molar-refractivity contribution in [3.05, 3.63) is 24.3 Å². The maximum absolute atomic E-state index is 11.8. The van der Waals surface area contributed by atoms with Gasteiger partial charge in [0.1, 0.15) is 0 Å². The Hall–Kier alpha value is -0.370. The van der Waals surface area contributed by atoms with Crippen LogP contribution in [0.15, 0.2) is 29.2 Å². The molecule has 0 radical (unpaired) electrons. The molecule has 1 aromatic carbocycles. The Bertz CT molecular complexity index is 506. The van der Waals surface area contributed by atoms with Crippen molar-refractivity contribution >= 4 is 39.2 Å². The van der Waals surface area contributed by atoms with Crippen LogP contribution in [0.3, 0.4) is 0 Å². The van der Waals surface area contributed by atoms with Gasteiger partial charge in [-0.05, 0) is 36.1 Å². The van der Waals surface area contributed by atoms with Crippen molar-refractivity contribution in [3.8, 4) is 0 Å². The molecule has 0 bridgehead atoms. The summed E-state index contributed by atoms with van der Waals surface area (Å²) >= 11 is 3.23. The molecule has 3 N–H and O–H groups in total. The van der Waals surface area contributed by atoms with E-state index < -0.39 is 10.0 Å². The van der Waals surface area contributed by atoms with Gasteiger partial charge in [0.15, 0.2) is 0 Å². The van der Waals surface area contributed by atoms with Crippen molar-refractivity contribution < 1.29 is 8.42 Å². The monoisotopic (exact) mass is 334 g/mol. The van der Waals surface area contributed by atoms with Gasteiger partial charge in [0.25, 0.3) is 0 Å². The molecule has 1 rings (SSSR count). The van der Waals surface area contributed by atoms with E-state index in [-0.39, 0.29) is 5.75 Å². The summed E-state index contributed by atoms with van der Waals surface area (Å²) in [4.78, 5) is 0.996. The number of rotatable bonds is 9. The van der Waals surface area contributed by atoms with Crippen molar-refractivity contribution in [3.63, 3.8) is 0 Å². The first kappa shape index (κ1) is 17.7. The molecule has 0 fully saturated rings. The highest BCUT2D eigenvalue weighted by atomic mass is 32.2. The van der Waals surface area contributed by atoms with E-state index in [1.54, 1.807) is 11.8 Å². The second kappa shape index (κ2) is 8.81. The molecular formula is C13H22N2O2S3. The summed E-state index contributed by atoms with van der Waals surface area (Å²) in [6.45, 7) is 2.55. The first-order valence-electron chi connectivity index (χ1n) is 6.37. The fourth-order valence-corrected chi connectivity index (χ4v) is 4.77. The van der Waals surface area contributed by atoms with Crippen molar-refractivity contribution in [2.45, 2.75) is 11.8 Å². The van der Waals surface area contributed by atoms with Crippen molar-refractivity contribution in [2.75, 3.05) is 35.8 Å². The van der Waals surface area contributed by atoms with Crippen molar-refractivity contribution in [2.24, 2.45) is 5.92 Å². The third-order valence-electron chi connectivity index (χ3n) is 2.58. The molecule has 1 unspecified atom stereocenters. The second-order valence-corrected chi connectivity index (χ2v) is 8.65. The Morgan fingerprint density at radius 1 is 1.40 bits per heavy atom. The van der Waals surface area contributed by atoms with Crippen LogP contribution in [0.25, 0.3) is 0 Å². The average Bonchev–Trinajstić information content (AvgIpc) is 2.37. The fraction of sp³-hybridized carbons (Fsp3) is 0.538. The van der Waals surface area contributed by atoms with E-state index in [2.05, 4.69) is 4.72 Å². The lowest BCUT2D eigenvalue weighted by Gasteiger charge is -2.11. The third kappa shape index (κ3) is 7.42. The number of nitrogens with two attached hydrogens (primary N) is 1. The Morgan fingerprint density at radius 3 is 2.80 bits per heavy atom. The maximum Gasteiger partial charge on any atom is 0.212 e. The molecule has 0 aliphatic heterocycles. The molecule has 0 saturated heterocycles. The van der Waals surface area contributed by atoms with E-state index in [1.165, 1.54) is 11.8 Å². The number of nitrogens with one attached hydrogen (secondary N) is 1. The summed E-state index contributed by atoms with van der Waals surface area (Å²) in [6.07, 6.45) is 2.02. The van der Waals surface area contributed by atoms with E-state index in [0.29, 0.717) is 23.9 Å². The Kier molecular flexibility index (Phi) is 7.79. The van der Waals surface area contributed by atoms with E-state index in [1.807, 2.05) is 37.4 Å². The molecule has 0 aliphatic carbocycles. The van der Waals surface area contributed by atoms with Gasteiger partial charge < -0.3 is 5.73 Å². The van der Waals surface area contributed by atoms with Crippen LogP contribution in [-0.2, 0) is 10.0 Å². The van der Waals surface area contributed by atoms with Crippen LogP contribution in [0.1, 0.15) is 6.92 Å². The molecule has 0 spiro atoms. The minimum absolute atomic E-state index is 0.123. The van der Waals surface area contributed by atoms with E-state index >= 15 is 0 Å². The highest BCUT2D eigenvalue weighted by Crippen LogP contribution is 2.20. The second-order valence-electron chi connectivity index (χ2n) is 4.65. The molecule has 0 heterocycles. The molecule has 0 saturated carbocycles. The van der Waals surface area contributed by atoms with Crippen LogP contribution in [0.2, 0.25) is 0 Å². The van der Waals surface area contributed by atoms with Crippen LogP contribution in [0.5, 0.6) is 0 Å². The van der Waals surface area contributed by atoms with E-state index in [9.17, 15) is 8.42 Å². The summed E-state index contributed by atoms with van der Waals surface area (Å²) in [5.74, 6) is 1.95. The van der Waals surface area contributed by atoms with Gasteiger partial charge in [-0.3, -0.25) is 0 Å². The number of hydrogen-bond acceptors (Lipinski definition) is 5. The zero-order valence-corrected chi connectivity index (χ0v) is 14.3. The predicted octanol–water partition coefficient (Wildman–Crippen LogP) is 2.28. The molecule has 0 amide bonds. The quantitative estimate of drug-likeness (QED) is 0.535. The first-order valence-corrected chi connectivity index (χ1v) is 10.4. The largest absolute Gasteiger partial charge is 0.399 e. The lowest BCUT2D eigenvalue weighted by atomic mass is 10.2. The van der Waals surface area contributed by atoms with Crippen LogP contribution < -0.4 is 10.5 Å². The van der Waals surface area contributed by atoms with Crippen molar-refractivity contribution in [1.82, 2.24) is 4.72 Å². The summed E-state index contributed by atoms with van der Waals surface area (Å²) in [5.41, 5.74) is 6.38. The highest BCUT2D eigenvalue weighted by molar-refractivity contribution is 8.00. The third-order valence-corrected chi connectivity index (χ3v) is 6.09. The van der Waals surface area contributed by atoms with Crippen molar-refractivity contribution in [1.29, 1.82) is 0 Å². The van der Waals surface area contributed by atoms with Gasteiger partial charge in [0, 0.05) is 22.9 Å². The molecule has 0 aliphatic rings. The number of sulfonamides is 1. The SMILES string of the molecule is CSCC(C)CNS(=O)(=O)CCSc1cccc(N)c1. The van der Waals surface area contributed by atoms with Gasteiger partial charge in [-0.2, -0.15) is 11.8 Å². The first-order chi connectivity index (χ1) is 9.43. The summed E-state index contributed by atoms with van der Waals surface area (Å²) in [5, 5.41) is 0. The standard InChI is InChI=1S/C13H22N2O2S3/c1-11(10-18-2)9-15-20(16,17)7-6-19-13-5-3-4-12(14)8-13/h3-5,8,11,15H,6-7,9-10,14H2,1-2H3. The molecule has 114 valence electrons. The maximum atomic E-state index is 11.8. The Morgan fingerprint density at radius 2 is 2.15 bits per heavy atom. The van der Waals surface area contributed by atoms with Crippen LogP contribution in [-0.4, -0.2) is 38.5 Å². The van der Waals surface area contributed by atoms with Gasteiger partial charge in [-0.25, -0.2) is 13.1 Å². The minimum atomic E-state index is -3.19. The number of hydrogen-bond donors (Lipinski definition) is 2. The lowest BCUT2D eigenvalue weighted by molar-refractivity contribution is 0.564. The number of anilines is 1. The highest BCUT2D eigenvalue weighted by Gasteiger charge is 2.12. The van der Waals surface area contributed by atoms with Gasteiger partial charge in [-0.15, -0.1) is 11.8 Å². The average molecular weight is 335 g/mol. The van der Waals surface area contributed by atoms with Gasteiger partial charge in [0.2, 0.25) is 10.0 Å². The zero-order valence-electron chi connectivity index (χ0n) is 11.8. The molecule has 0 aromatic heterocycles. The number of thioether (sulfide) groups is 2. The van der Waals surface area contributed by atoms with Crippen LogP contribution in [0, 0.1) is 5.92 Å². The Balaban J connectivity index is 2.32. The number of benzene rings is 1. The molecule has 7 heteroatoms. The molecular weight excluding hydrogens is 312 g/mol. The molecule has 20 heavy (non-hydrogen) atoms. The molecule has 4 nitrogen and oxygen atoms in total. The normalized spacial score (nSPS) is 13.3. The lowest BCUT2D eigenvalue weighted by Crippen LogP contribution is -2.31. The smallest absolute Gasteiger partial charge is 0.212 e. The zero-order chi connectivity index (χ0) is 15.0. The Labute approximate surface area is 130 Å². The van der Waals surface area contributed by atoms with Gasteiger partial charge in [0.05, 0.1) is 5.75 Å². The molecule has 1 atom stereocenters. The number of nitrogen functional groups attached to an aromatic ring is 1. The van der Waals surface area contributed by atoms with Gasteiger partial charge in [-0.1, -0.05) is 13.0 Å². The topological polar surface area (TPSA) is 72.2 Å². The summed E-state index contributed by atoms with van der Waals surface area (Å²) in [7, 11) is -3.19. The molecule has 1 aromatic rings. The fourth-order valence-electron chi connectivity index (χ4n) is 1.56. The van der Waals surface area contributed by atoms with Gasteiger partial charge >= 0.3 is 0 Å². The predicted molar refractivity (Wildman–Crippen MR) is 90.9 cm³/mol. The van der Waals surface area contributed by atoms with Crippen LogP contribution in [0.4, 0.5) is 5.69 Å². The summed E-state index contributed by atoms with van der Waals surface area (Å²) < 4.78 is 26.3. The van der Waals surface area contributed by atoms with E-state index in [4.69, 9.17) is 5.73 Å². The van der Waals surface area contributed by atoms with Crippen LogP contribution >= 0.6 is 23.5 Å².